The first-order valence-corrected chi connectivity index (χ1v) is 8.49. The largest absolute Gasteiger partial charge is 0.394 e. The van der Waals surface area contributed by atoms with Gasteiger partial charge in [0, 0.05) is 5.56 Å². The SMILES string of the molecule is Cc1nn(-c2ccc(C(=O)NC(C)(CO)C3CC3)cc2)c(C)c1Cl. The van der Waals surface area contributed by atoms with E-state index in [1.54, 1.807) is 16.8 Å². The van der Waals surface area contributed by atoms with Gasteiger partial charge in [0.15, 0.2) is 0 Å². The van der Waals surface area contributed by atoms with Crippen LogP contribution in [0.5, 0.6) is 0 Å². The maximum absolute atomic E-state index is 12.5. The second kappa shape index (κ2) is 6.22. The van der Waals surface area contributed by atoms with Crippen molar-refractivity contribution in [3.63, 3.8) is 0 Å². The van der Waals surface area contributed by atoms with E-state index in [4.69, 9.17) is 11.6 Å². The van der Waals surface area contributed by atoms with Gasteiger partial charge >= 0.3 is 0 Å². The fourth-order valence-electron chi connectivity index (χ4n) is 2.95. The molecule has 2 N–H and O–H groups in total. The lowest BCUT2D eigenvalue weighted by Crippen LogP contribution is -2.50. The van der Waals surface area contributed by atoms with Crippen LogP contribution >= 0.6 is 11.6 Å². The van der Waals surface area contributed by atoms with Gasteiger partial charge in [0.2, 0.25) is 0 Å². The van der Waals surface area contributed by atoms with Crippen molar-refractivity contribution < 1.29 is 9.90 Å². The van der Waals surface area contributed by atoms with Crippen LogP contribution < -0.4 is 5.32 Å². The lowest BCUT2D eigenvalue weighted by Gasteiger charge is -2.28. The number of amides is 1. The second-order valence-electron chi connectivity index (χ2n) is 6.75. The molecule has 1 unspecified atom stereocenters. The smallest absolute Gasteiger partial charge is 0.251 e. The van der Waals surface area contributed by atoms with Crippen molar-refractivity contribution in [2.75, 3.05) is 6.61 Å². The zero-order valence-corrected chi connectivity index (χ0v) is 14.9. The van der Waals surface area contributed by atoms with Gasteiger partial charge in [-0.1, -0.05) is 11.6 Å². The van der Waals surface area contributed by atoms with Gasteiger partial charge in [-0.15, -0.1) is 0 Å². The Bertz CT molecular complexity index is 765. The first-order chi connectivity index (χ1) is 11.4. The summed E-state index contributed by atoms with van der Waals surface area (Å²) in [5, 5.41) is 17.6. The normalized spacial score (nSPS) is 16.7. The molecule has 1 aromatic heterocycles. The Morgan fingerprint density at radius 3 is 2.46 bits per heavy atom. The van der Waals surface area contributed by atoms with Gasteiger partial charge < -0.3 is 10.4 Å². The number of aliphatic hydroxyl groups excluding tert-OH is 1. The molecule has 1 amide bonds. The molecule has 1 fully saturated rings. The van der Waals surface area contributed by atoms with Crippen LogP contribution in [0.2, 0.25) is 5.02 Å². The molecule has 1 heterocycles. The summed E-state index contributed by atoms with van der Waals surface area (Å²) in [7, 11) is 0. The zero-order chi connectivity index (χ0) is 17.5. The molecule has 1 aliphatic carbocycles. The molecular weight excluding hydrogens is 326 g/mol. The van der Waals surface area contributed by atoms with E-state index >= 15 is 0 Å². The fraction of sp³-hybridized carbons (Fsp3) is 0.444. The Labute approximate surface area is 146 Å². The van der Waals surface area contributed by atoms with E-state index in [1.165, 1.54) is 0 Å². The van der Waals surface area contributed by atoms with Crippen LogP contribution in [-0.4, -0.2) is 32.9 Å². The average Bonchev–Trinajstić information content (AvgIpc) is 3.40. The Balaban J connectivity index is 1.79. The number of rotatable bonds is 5. The van der Waals surface area contributed by atoms with Crippen LogP contribution in [0.3, 0.4) is 0 Å². The number of hydrogen-bond donors (Lipinski definition) is 2. The van der Waals surface area contributed by atoms with Crippen LogP contribution in [0.25, 0.3) is 5.69 Å². The highest BCUT2D eigenvalue weighted by Crippen LogP contribution is 2.39. The van der Waals surface area contributed by atoms with E-state index in [2.05, 4.69) is 10.4 Å². The Hall–Kier alpha value is -1.85. The summed E-state index contributed by atoms with van der Waals surface area (Å²) in [6.45, 7) is 5.62. The first kappa shape index (κ1) is 17.0. The molecule has 1 aromatic carbocycles. The fourth-order valence-corrected chi connectivity index (χ4v) is 3.07. The van der Waals surface area contributed by atoms with Gasteiger partial charge in [-0.05, 0) is 63.8 Å². The summed E-state index contributed by atoms with van der Waals surface area (Å²) in [5.41, 5.74) is 2.52. The van der Waals surface area contributed by atoms with Crippen molar-refractivity contribution in [2.45, 2.75) is 39.2 Å². The van der Waals surface area contributed by atoms with E-state index in [0.29, 0.717) is 16.5 Å². The topological polar surface area (TPSA) is 67.2 Å². The van der Waals surface area contributed by atoms with Gasteiger partial charge in [-0.2, -0.15) is 5.10 Å². The van der Waals surface area contributed by atoms with Gasteiger partial charge in [-0.3, -0.25) is 4.79 Å². The zero-order valence-electron chi connectivity index (χ0n) is 14.1. The molecule has 2 aromatic rings. The summed E-state index contributed by atoms with van der Waals surface area (Å²) in [4.78, 5) is 12.5. The molecule has 24 heavy (non-hydrogen) atoms. The molecule has 0 aliphatic heterocycles. The predicted octanol–water partition coefficient (Wildman–Crippen LogP) is 3.03. The predicted molar refractivity (Wildman–Crippen MR) is 93.7 cm³/mol. The molecule has 1 aliphatic rings. The molecule has 0 bridgehead atoms. The number of carbonyl (C=O) groups excluding carboxylic acids is 1. The maximum atomic E-state index is 12.5. The standard InChI is InChI=1S/C18H22ClN3O2/c1-11-16(19)12(2)22(21-11)15-8-4-13(5-9-15)17(24)20-18(3,10-23)14-6-7-14/h4-5,8-9,14,23H,6-7,10H2,1-3H3,(H,20,24). The minimum atomic E-state index is -0.543. The van der Waals surface area contributed by atoms with Crippen molar-refractivity contribution in [3.8, 4) is 5.69 Å². The van der Waals surface area contributed by atoms with E-state index < -0.39 is 5.54 Å². The summed E-state index contributed by atoms with van der Waals surface area (Å²) in [6.07, 6.45) is 2.10. The van der Waals surface area contributed by atoms with Gasteiger partial charge in [0.25, 0.3) is 5.91 Å². The van der Waals surface area contributed by atoms with Crippen LogP contribution in [0.1, 0.15) is 41.5 Å². The molecule has 0 radical (unpaired) electrons. The molecule has 6 heteroatoms. The Morgan fingerprint density at radius 2 is 2.00 bits per heavy atom. The third-order valence-electron chi connectivity index (χ3n) is 4.78. The van der Waals surface area contributed by atoms with Gasteiger partial charge in [0.05, 0.1) is 34.2 Å². The number of nitrogens with zero attached hydrogens (tertiary/aromatic N) is 2. The van der Waals surface area contributed by atoms with E-state index in [9.17, 15) is 9.90 Å². The number of halogens is 1. The Morgan fingerprint density at radius 1 is 1.38 bits per heavy atom. The number of aromatic nitrogens is 2. The minimum Gasteiger partial charge on any atom is -0.394 e. The van der Waals surface area contributed by atoms with E-state index in [0.717, 1.165) is 29.9 Å². The molecule has 5 nitrogen and oxygen atoms in total. The van der Waals surface area contributed by atoms with Crippen molar-refractivity contribution in [2.24, 2.45) is 5.92 Å². The third-order valence-corrected chi connectivity index (χ3v) is 5.33. The van der Waals surface area contributed by atoms with Crippen molar-refractivity contribution >= 4 is 17.5 Å². The highest BCUT2D eigenvalue weighted by atomic mass is 35.5. The molecule has 128 valence electrons. The van der Waals surface area contributed by atoms with E-state index in [-0.39, 0.29) is 12.5 Å². The highest BCUT2D eigenvalue weighted by molar-refractivity contribution is 6.31. The number of aryl methyl sites for hydroxylation is 1. The highest BCUT2D eigenvalue weighted by Gasteiger charge is 2.42. The minimum absolute atomic E-state index is 0.0499. The van der Waals surface area contributed by atoms with Crippen molar-refractivity contribution in [1.29, 1.82) is 0 Å². The van der Waals surface area contributed by atoms with E-state index in [1.807, 2.05) is 32.9 Å². The number of nitrogens with one attached hydrogen (secondary N) is 1. The maximum Gasteiger partial charge on any atom is 0.251 e. The van der Waals surface area contributed by atoms with Gasteiger partial charge in [-0.25, -0.2) is 4.68 Å². The lowest BCUT2D eigenvalue weighted by molar-refractivity contribution is 0.0824. The van der Waals surface area contributed by atoms with Gasteiger partial charge in [0.1, 0.15) is 0 Å². The molecule has 3 rings (SSSR count). The Kier molecular flexibility index (Phi) is 4.40. The monoisotopic (exact) mass is 347 g/mol. The lowest BCUT2D eigenvalue weighted by atomic mass is 9.96. The molecule has 1 saturated carbocycles. The molecular formula is C18H22ClN3O2. The quantitative estimate of drug-likeness (QED) is 0.873. The third kappa shape index (κ3) is 3.06. The van der Waals surface area contributed by atoms with Crippen LogP contribution in [0.15, 0.2) is 24.3 Å². The second-order valence-corrected chi connectivity index (χ2v) is 7.13. The summed E-state index contributed by atoms with van der Waals surface area (Å²) < 4.78 is 1.77. The number of benzene rings is 1. The summed E-state index contributed by atoms with van der Waals surface area (Å²) >= 11 is 6.18. The number of carbonyl (C=O) groups is 1. The summed E-state index contributed by atoms with van der Waals surface area (Å²) in [6, 6.07) is 7.22. The first-order valence-electron chi connectivity index (χ1n) is 8.11. The molecule has 1 atom stereocenters. The van der Waals surface area contributed by atoms with Crippen molar-refractivity contribution in [1.82, 2.24) is 15.1 Å². The number of aliphatic hydroxyl groups is 1. The van der Waals surface area contributed by atoms with Crippen LogP contribution in [0, 0.1) is 19.8 Å². The van der Waals surface area contributed by atoms with Crippen molar-refractivity contribution in [3.05, 3.63) is 46.2 Å². The average molecular weight is 348 g/mol. The van der Waals surface area contributed by atoms with Crippen LogP contribution in [-0.2, 0) is 0 Å². The summed E-state index contributed by atoms with van der Waals surface area (Å²) in [5.74, 6) is 0.193. The van der Waals surface area contributed by atoms with Crippen LogP contribution in [0.4, 0.5) is 0 Å². The number of hydrogen-bond acceptors (Lipinski definition) is 3. The molecule has 0 saturated heterocycles. The molecule has 0 spiro atoms.